The molecule has 1 heterocycles. The van der Waals surface area contributed by atoms with Crippen molar-refractivity contribution < 1.29 is 9.53 Å². The van der Waals surface area contributed by atoms with Gasteiger partial charge >= 0.3 is 5.97 Å². The Balaban J connectivity index is 2.14. The standard InChI is InChI=1S/C15H18N2O3/c1-3-14(18)20-10-6-9-17-11(2)16-13-8-5-4-7-12(13)15(17)19/h4-5,7-8H,3,6,9-10H2,1-2H3. The summed E-state index contributed by atoms with van der Waals surface area (Å²) < 4.78 is 6.63. The van der Waals surface area contributed by atoms with Gasteiger partial charge in [-0.3, -0.25) is 14.2 Å². The molecule has 0 atom stereocenters. The van der Waals surface area contributed by atoms with Gasteiger partial charge in [0.15, 0.2) is 0 Å². The molecule has 0 unspecified atom stereocenters. The summed E-state index contributed by atoms with van der Waals surface area (Å²) in [5.74, 6) is 0.459. The highest BCUT2D eigenvalue weighted by molar-refractivity contribution is 5.77. The summed E-state index contributed by atoms with van der Waals surface area (Å²) in [7, 11) is 0. The first kappa shape index (κ1) is 14.2. The fourth-order valence-corrected chi connectivity index (χ4v) is 2.05. The topological polar surface area (TPSA) is 61.2 Å². The maximum absolute atomic E-state index is 12.3. The van der Waals surface area contributed by atoms with Gasteiger partial charge in [0.25, 0.3) is 5.56 Å². The Morgan fingerprint density at radius 3 is 2.85 bits per heavy atom. The van der Waals surface area contributed by atoms with E-state index in [1.165, 1.54) is 0 Å². The molecule has 106 valence electrons. The van der Waals surface area contributed by atoms with E-state index in [1.54, 1.807) is 17.6 Å². The van der Waals surface area contributed by atoms with Gasteiger partial charge in [-0.25, -0.2) is 4.98 Å². The Hall–Kier alpha value is -2.17. The smallest absolute Gasteiger partial charge is 0.305 e. The van der Waals surface area contributed by atoms with Crippen molar-refractivity contribution in [2.24, 2.45) is 0 Å². The molecule has 20 heavy (non-hydrogen) atoms. The number of benzene rings is 1. The van der Waals surface area contributed by atoms with E-state index in [4.69, 9.17) is 4.74 Å². The average molecular weight is 274 g/mol. The molecule has 0 amide bonds. The predicted molar refractivity (Wildman–Crippen MR) is 76.6 cm³/mol. The lowest BCUT2D eigenvalue weighted by Gasteiger charge is -2.10. The molecular weight excluding hydrogens is 256 g/mol. The molecule has 5 nitrogen and oxygen atoms in total. The molecule has 0 saturated carbocycles. The van der Waals surface area contributed by atoms with Crippen LogP contribution in [0.25, 0.3) is 10.9 Å². The largest absolute Gasteiger partial charge is 0.466 e. The van der Waals surface area contributed by atoms with Gasteiger partial charge in [-0.1, -0.05) is 19.1 Å². The number of carbonyl (C=O) groups excluding carboxylic acids is 1. The number of para-hydroxylation sites is 1. The zero-order valence-corrected chi connectivity index (χ0v) is 11.8. The van der Waals surface area contributed by atoms with Crippen molar-refractivity contribution in [3.8, 4) is 0 Å². The highest BCUT2D eigenvalue weighted by Gasteiger charge is 2.07. The van der Waals surface area contributed by atoms with Gasteiger partial charge < -0.3 is 4.74 Å². The van der Waals surface area contributed by atoms with E-state index in [-0.39, 0.29) is 11.5 Å². The van der Waals surface area contributed by atoms with Crippen LogP contribution >= 0.6 is 0 Å². The summed E-state index contributed by atoms with van der Waals surface area (Å²) in [5, 5.41) is 0.614. The van der Waals surface area contributed by atoms with Gasteiger partial charge in [-0.2, -0.15) is 0 Å². The zero-order chi connectivity index (χ0) is 14.5. The number of hydrogen-bond donors (Lipinski definition) is 0. The van der Waals surface area contributed by atoms with E-state index < -0.39 is 0 Å². The second kappa shape index (κ2) is 6.32. The molecule has 0 aliphatic carbocycles. The van der Waals surface area contributed by atoms with Crippen LogP contribution in [-0.2, 0) is 16.1 Å². The van der Waals surface area contributed by atoms with Gasteiger partial charge in [-0.05, 0) is 25.5 Å². The van der Waals surface area contributed by atoms with Gasteiger partial charge in [0.05, 0.1) is 17.5 Å². The molecule has 0 aliphatic heterocycles. The molecule has 0 fully saturated rings. The number of carbonyl (C=O) groups is 1. The third-order valence-corrected chi connectivity index (χ3v) is 3.13. The van der Waals surface area contributed by atoms with Crippen LogP contribution in [0.1, 0.15) is 25.6 Å². The molecule has 2 rings (SSSR count). The van der Waals surface area contributed by atoms with Crippen molar-refractivity contribution in [2.45, 2.75) is 33.2 Å². The lowest BCUT2D eigenvalue weighted by atomic mass is 10.2. The summed E-state index contributed by atoms with van der Waals surface area (Å²) >= 11 is 0. The van der Waals surface area contributed by atoms with E-state index in [1.807, 2.05) is 25.1 Å². The van der Waals surface area contributed by atoms with Gasteiger partial charge in [0.1, 0.15) is 5.82 Å². The quantitative estimate of drug-likeness (QED) is 0.618. The maximum Gasteiger partial charge on any atom is 0.305 e. The minimum atomic E-state index is -0.217. The minimum absolute atomic E-state index is 0.0464. The Bertz CT molecular complexity index is 676. The Kier molecular flexibility index (Phi) is 4.50. The van der Waals surface area contributed by atoms with Crippen LogP contribution < -0.4 is 5.56 Å². The molecule has 2 aromatic rings. The number of rotatable bonds is 5. The molecule has 0 spiro atoms. The first-order valence-electron chi connectivity index (χ1n) is 6.75. The zero-order valence-electron chi connectivity index (χ0n) is 11.8. The second-order valence-electron chi connectivity index (χ2n) is 4.56. The van der Waals surface area contributed by atoms with E-state index >= 15 is 0 Å². The first-order valence-corrected chi connectivity index (χ1v) is 6.75. The SMILES string of the molecule is CCC(=O)OCCCn1c(C)nc2ccccc2c1=O. The highest BCUT2D eigenvalue weighted by atomic mass is 16.5. The lowest BCUT2D eigenvalue weighted by Crippen LogP contribution is -2.24. The second-order valence-corrected chi connectivity index (χ2v) is 4.56. The fraction of sp³-hybridized carbons (Fsp3) is 0.400. The number of ether oxygens (including phenoxy) is 1. The number of aryl methyl sites for hydroxylation is 1. The van der Waals surface area contributed by atoms with Crippen molar-refractivity contribution in [2.75, 3.05) is 6.61 Å². The van der Waals surface area contributed by atoms with Crippen LogP contribution in [0.3, 0.4) is 0 Å². The minimum Gasteiger partial charge on any atom is -0.466 e. The molecule has 0 saturated heterocycles. The monoisotopic (exact) mass is 274 g/mol. The Labute approximate surface area is 117 Å². The molecule has 0 bridgehead atoms. The summed E-state index contributed by atoms with van der Waals surface area (Å²) in [6.45, 7) is 4.39. The molecule has 1 aromatic carbocycles. The van der Waals surface area contributed by atoms with Crippen molar-refractivity contribution in [3.63, 3.8) is 0 Å². The molecule has 0 radical (unpaired) electrons. The van der Waals surface area contributed by atoms with Crippen molar-refractivity contribution in [1.82, 2.24) is 9.55 Å². The van der Waals surface area contributed by atoms with Crippen LogP contribution in [0.5, 0.6) is 0 Å². The van der Waals surface area contributed by atoms with E-state index in [2.05, 4.69) is 4.98 Å². The molecule has 0 N–H and O–H groups in total. The Morgan fingerprint density at radius 1 is 1.35 bits per heavy atom. The third kappa shape index (κ3) is 3.04. The van der Waals surface area contributed by atoms with E-state index in [9.17, 15) is 9.59 Å². The van der Waals surface area contributed by atoms with E-state index in [0.29, 0.717) is 42.7 Å². The van der Waals surface area contributed by atoms with E-state index in [0.717, 1.165) is 0 Å². The summed E-state index contributed by atoms with van der Waals surface area (Å²) in [6, 6.07) is 7.30. The van der Waals surface area contributed by atoms with Crippen LogP contribution in [0.15, 0.2) is 29.1 Å². The molecule has 0 aliphatic rings. The van der Waals surface area contributed by atoms with Gasteiger partial charge in [0, 0.05) is 13.0 Å². The van der Waals surface area contributed by atoms with Crippen molar-refractivity contribution in [3.05, 3.63) is 40.4 Å². The number of aromatic nitrogens is 2. The van der Waals surface area contributed by atoms with Gasteiger partial charge in [0.2, 0.25) is 0 Å². The normalized spacial score (nSPS) is 10.7. The lowest BCUT2D eigenvalue weighted by molar-refractivity contribution is -0.143. The predicted octanol–water partition coefficient (Wildman–Crippen LogP) is 2.05. The summed E-state index contributed by atoms with van der Waals surface area (Å²) in [6.07, 6.45) is 0.975. The summed E-state index contributed by atoms with van der Waals surface area (Å²) in [4.78, 5) is 27.8. The number of esters is 1. The first-order chi connectivity index (χ1) is 9.63. The Morgan fingerprint density at radius 2 is 2.10 bits per heavy atom. The fourth-order valence-electron chi connectivity index (χ4n) is 2.05. The highest BCUT2D eigenvalue weighted by Crippen LogP contribution is 2.07. The molecular formula is C15H18N2O3. The van der Waals surface area contributed by atoms with Crippen molar-refractivity contribution in [1.29, 1.82) is 0 Å². The van der Waals surface area contributed by atoms with Crippen LogP contribution in [-0.4, -0.2) is 22.1 Å². The number of hydrogen-bond acceptors (Lipinski definition) is 4. The number of fused-ring (bicyclic) bond motifs is 1. The molecule has 5 heteroatoms. The molecule has 1 aromatic heterocycles. The van der Waals surface area contributed by atoms with Crippen LogP contribution in [0.2, 0.25) is 0 Å². The maximum atomic E-state index is 12.3. The van der Waals surface area contributed by atoms with Crippen LogP contribution in [0, 0.1) is 6.92 Å². The van der Waals surface area contributed by atoms with Gasteiger partial charge in [-0.15, -0.1) is 0 Å². The average Bonchev–Trinajstić information content (AvgIpc) is 2.46. The van der Waals surface area contributed by atoms with Crippen LogP contribution in [0.4, 0.5) is 0 Å². The summed E-state index contributed by atoms with van der Waals surface area (Å²) in [5.41, 5.74) is 0.665. The number of nitrogens with zero attached hydrogens (tertiary/aromatic N) is 2. The third-order valence-electron chi connectivity index (χ3n) is 3.13. The van der Waals surface area contributed by atoms with Crippen molar-refractivity contribution >= 4 is 16.9 Å².